The molecule has 0 aromatic rings. The maximum atomic E-state index is 11.1. The summed E-state index contributed by atoms with van der Waals surface area (Å²) in [6.07, 6.45) is 2.41. The zero-order valence-corrected chi connectivity index (χ0v) is 7.97. The Morgan fingerprint density at radius 2 is 2.42 bits per heavy atom. The molecule has 0 aromatic heterocycles. The molecule has 1 aliphatic heterocycles. The van der Waals surface area contributed by atoms with E-state index in [9.17, 15) is 4.79 Å². The van der Waals surface area contributed by atoms with Crippen LogP contribution in [0, 0.1) is 5.92 Å². The quantitative estimate of drug-likeness (QED) is 0.653. The Hall–Kier alpha value is -0.570. The van der Waals surface area contributed by atoms with Crippen molar-refractivity contribution in [3.8, 4) is 0 Å². The molecular weight excluding hydrogens is 152 g/mol. The summed E-state index contributed by atoms with van der Waals surface area (Å²) >= 11 is 0. The molecule has 0 aliphatic carbocycles. The standard InChI is InChI=1S/C9H18N2O/c1-8(12)11-5-3-4-9(7-11)6-10-2/h9-10H,3-7H2,1-2H3/t9-/m0/s1. The fourth-order valence-corrected chi connectivity index (χ4v) is 1.81. The van der Waals surface area contributed by atoms with Crippen molar-refractivity contribution in [3.63, 3.8) is 0 Å². The lowest BCUT2D eigenvalue weighted by Crippen LogP contribution is -2.41. The predicted octanol–water partition coefficient (Wildman–Crippen LogP) is 0.464. The molecule has 1 aliphatic rings. The average molecular weight is 170 g/mol. The smallest absolute Gasteiger partial charge is 0.219 e. The molecule has 12 heavy (non-hydrogen) atoms. The fraction of sp³-hybridized carbons (Fsp3) is 0.889. The molecule has 0 saturated carbocycles. The van der Waals surface area contributed by atoms with Crippen molar-refractivity contribution in [2.24, 2.45) is 5.92 Å². The highest BCUT2D eigenvalue weighted by Gasteiger charge is 2.20. The number of likely N-dealkylation sites (tertiary alicyclic amines) is 1. The summed E-state index contributed by atoms with van der Waals surface area (Å²) < 4.78 is 0. The van der Waals surface area contributed by atoms with Gasteiger partial charge in [0.05, 0.1) is 0 Å². The Kier molecular flexibility index (Phi) is 3.53. The van der Waals surface area contributed by atoms with Gasteiger partial charge in [-0.3, -0.25) is 4.79 Å². The third-order valence-electron chi connectivity index (χ3n) is 2.46. The van der Waals surface area contributed by atoms with Crippen molar-refractivity contribution in [1.29, 1.82) is 0 Å². The Labute approximate surface area is 74.1 Å². The van der Waals surface area contributed by atoms with Crippen molar-refractivity contribution in [3.05, 3.63) is 0 Å². The van der Waals surface area contributed by atoms with Crippen LogP contribution in [0.1, 0.15) is 19.8 Å². The number of nitrogens with zero attached hydrogens (tertiary/aromatic N) is 1. The van der Waals surface area contributed by atoms with Gasteiger partial charge in [0.1, 0.15) is 0 Å². The van der Waals surface area contributed by atoms with Gasteiger partial charge in [0.15, 0.2) is 0 Å². The van der Waals surface area contributed by atoms with E-state index in [-0.39, 0.29) is 5.91 Å². The van der Waals surface area contributed by atoms with Gasteiger partial charge in [0, 0.05) is 20.0 Å². The highest BCUT2D eigenvalue weighted by atomic mass is 16.2. The Bertz CT molecular complexity index is 157. The minimum absolute atomic E-state index is 0.218. The van der Waals surface area contributed by atoms with E-state index in [1.807, 2.05) is 11.9 Å². The number of hydrogen-bond donors (Lipinski definition) is 1. The maximum absolute atomic E-state index is 11.1. The SMILES string of the molecule is CNC[C@@H]1CCCN(C(C)=O)C1. The van der Waals surface area contributed by atoms with E-state index >= 15 is 0 Å². The fourth-order valence-electron chi connectivity index (χ4n) is 1.81. The normalized spacial score (nSPS) is 24.2. The van der Waals surface area contributed by atoms with Crippen molar-refractivity contribution in [2.75, 3.05) is 26.7 Å². The van der Waals surface area contributed by atoms with E-state index in [1.54, 1.807) is 6.92 Å². The van der Waals surface area contributed by atoms with E-state index in [1.165, 1.54) is 6.42 Å². The van der Waals surface area contributed by atoms with Gasteiger partial charge in [-0.2, -0.15) is 0 Å². The van der Waals surface area contributed by atoms with Crippen LogP contribution in [0.25, 0.3) is 0 Å². The second-order valence-electron chi connectivity index (χ2n) is 3.53. The van der Waals surface area contributed by atoms with Gasteiger partial charge in [-0.1, -0.05) is 0 Å². The molecule has 0 unspecified atom stereocenters. The molecule has 1 amide bonds. The van der Waals surface area contributed by atoms with Crippen LogP contribution in [0.4, 0.5) is 0 Å². The summed E-state index contributed by atoms with van der Waals surface area (Å²) in [6.45, 7) is 4.58. The number of rotatable bonds is 2. The van der Waals surface area contributed by atoms with Gasteiger partial charge in [-0.05, 0) is 32.4 Å². The van der Waals surface area contributed by atoms with Crippen LogP contribution in [-0.2, 0) is 4.79 Å². The molecule has 1 rings (SSSR count). The predicted molar refractivity (Wildman–Crippen MR) is 48.9 cm³/mol. The van der Waals surface area contributed by atoms with Crippen molar-refractivity contribution in [1.82, 2.24) is 10.2 Å². The lowest BCUT2D eigenvalue weighted by molar-refractivity contribution is -0.130. The third-order valence-corrected chi connectivity index (χ3v) is 2.46. The lowest BCUT2D eigenvalue weighted by Gasteiger charge is -2.31. The van der Waals surface area contributed by atoms with Crippen molar-refractivity contribution < 1.29 is 4.79 Å². The molecule has 70 valence electrons. The number of carbonyl (C=O) groups is 1. The highest BCUT2D eigenvalue weighted by molar-refractivity contribution is 5.73. The summed E-state index contributed by atoms with van der Waals surface area (Å²) in [5.41, 5.74) is 0. The molecule has 1 atom stereocenters. The molecule has 0 spiro atoms. The number of nitrogens with one attached hydrogen (secondary N) is 1. The van der Waals surface area contributed by atoms with Crippen molar-refractivity contribution >= 4 is 5.91 Å². The van der Waals surface area contributed by atoms with Crippen LogP contribution in [0.3, 0.4) is 0 Å². The summed E-state index contributed by atoms with van der Waals surface area (Å²) in [4.78, 5) is 13.0. The summed E-state index contributed by atoms with van der Waals surface area (Å²) in [5.74, 6) is 0.878. The van der Waals surface area contributed by atoms with Crippen LogP contribution >= 0.6 is 0 Å². The largest absolute Gasteiger partial charge is 0.343 e. The average Bonchev–Trinajstić information content (AvgIpc) is 2.05. The topological polar surface area (TPSA) is 32.3 Å². The van der Waals surface area contributed by atoms with E-state index in [2.05, 4.69) is 5.32 Å². The first-order valence-electron chi connectivity index (χ1n) is 4.64. The monoisotopic (exact) mass is 170 g/mol. The van der Waals surface area contributed by atoms with E-state index in [0.717, 1.165) is 26.1 Å². The van der Waals surface area contributed by atoms with E-state index in [4.69, 9.17) is 0 Å². The number of hydrogen-bond acceptors (Lipinski definition) is 2. The van der Waals surface area contributed by atoms with Gasteiger partial charge < -0.3 is 10.2 Å². The van der Waals surface area contributed by atoms with Crippen LogP contribution in [0.5, 0.6) is 0 Å². The Balaban J connectivity index is 2.35. The Morgan fingerprint density at radius 1 is 1.67 bits per heavy atom. The second kappa shape index (κ2) is 4.45. The molecule has 1 fully saturated rings. The molecule has 0 radical (unpaired) electrons. The molecular formula is C9H18N2O. The van der Waals surface area contributed by atoms with Gasteiger partial charge in [-0.25, -0.2) is 0 Å². The lowest BCUT2D eigenvalue weighted by atomic mass is 9.98. The minimum Gasteiger partial charge on any atom is -0.343 e. The summed E-state index contributed by atoms with van der Waals surface area (Å²) in [6, 6.07) is 0. The van der Waals surface area contributed by atoms with Gasteiger partial charge in [0.25, 0.3) is 0 Å². The summed E-state index contributed by atoms with van der Waals surface area (Å²) in [5, 5.41) is 3.16. The summed E-state index contributed by atoms with van der Waals surface area (Å²) in [7, 11) is 1.96. The van der Waals surface area contributed by atoms with Crippen LogP contribution in [-0.4, -0.2) is 37.5 Å². The van der Waals surface area contributed by atoms with Gasteiger partial charge >= 0.3 is 0 Å². The maximum Gasteiger partial charge on any atom is 0.219 e. The van der Waals surface area contributed by atoms with Crippen molar-refractivity contribution in [2.45, 2.75) is 19.8 Å². The molecule has 0 bridgehead atoms. The molecule has 1 saturated heterocycles. The van der Waals surface area contributed by atoms with Crippen LogP contribution < -0.4 is 5.32 Å². The van der Waals surface area contributed by atoms with Gasteiger partial charge in [-0.15, -0.1) is 0 Å². The number of piperidine rings is 1. The third kappa shape index (κ3) is 2.48. The van der Waals surface area contributed by atoms with Crippen LogP contribution in [0.2, 0.25) is 0 Å². The molecule has 1 heterocycles. The number of amides is 1. The first-order valence-corrected chi connectivity index (χ1v) is 4.64. The first-order chi connectivity index (χ1) is 5.74. The second-order valence-corrected chi connectivity index (χ2v) is 3.53. The van der Waals surface area contributed by atoms with Gasteiger partial charge in [0.2, 0.25) is 5.91 Å². The molecule has 3 nitrogen and oxygen atoms in total. The zero-order valence-electron chi connectivity index (χ0n) is 7.97. The molecule has 1 N–H and O–H groups in total. The highest BCUT2D eigenvalue weighted by Crippen LogP contribution is 2.15. The van der Waals surface area contributed by atoms with E-state index < -0.39 is 0 Å². The van der Waals surface area contributed by atoms with E-state index in [0.29, 0.717) is 5.92 Å². The Morgan fingerprint density at radius 3 is 3.00 bits per heavy atom. The molecule has 3 heteroatoms. The number of carbonyl (C=O) groups excluding carboxylic acids is 1. The molecule has 0 aromatic carbocycles. The van der Waals surface area contributed by atoms with Crippen LogP contribution in [0.15, 0.2) is 0 Å². The zero-order chi connectivity index (χ0) is 8.97. The first kappa shape index (κ1) is 9.52. The minimum atomic E-state index is 0.218.